The molecule has 2 N–H and O–H groups in total. The van der Waals surface area contributed by atoms with E-state index in [-0.39, 0.29) is 5.78 Å². The van der Waals surface area contributed by atoms with Crippen LogP contribution in [0.2, 0.25) is 0 Å². The molecule has 0 radical (unpaired) electrons. The van der Waals surface area contributed by atoms with Crippen molar-refractivity contribution in [3.05, 3.63) is 47.8 Å². The van der Waals surface area contributed by atoms with E-state index in [4.69, 9.17) is 5.73 Å². The van der Waals surface area contributed by atoms with Gasteiger partial charge in [-0.05, 0) is 24.6 Å². The second-order valence-corrected chi connectivity index (χ2v) is 3.86. The van der Waals surface area contributed by atoms with E-state index in [1.54, 1.807) is 29.1 Å². The van der Waals surface area contributed by atoms with Crippen molar-refractivity contribution in [2.75, 3.05) is 5.73 Å². The second kappa shape index (κ2) is 4.82. The van der Waals surface area contributed by atoms with Crippen LogP contribution in [0.1, 0.15) is 29.4 Å². The third-order valence-electron chi connectivity index (χ3n) is 2.59. The fourth-order valence-corrected chi connectivity index (χ4v) is 1.76. The van der Waals surface area contributed by atoms with Crippen LogP contribution in [0.3, 0.4) is 0 Å². The lowest BCUT2D eigenvalue weighted by Crippen LogP contribution is -2.12. The number of nitrogens with two attached hydrogens (primary N) is 1. The first kappa shape index (κ1) is 11.4. The number of benzene rings is 1. The third-order valence-corrected chi connectivity index (χ3v) is 2.59. The molecule has 1 heterocycles. The van der Waals surface area contributed by atoms with Crippen LogP contribution in [-0.2, 0) is 6.54 Å². The highest BCUT2D eigenvalue weighted by molar-refractivity contribution is 6.11. The van der Waals surface area contributed by atoms with Gasteiger partial charge in [-0.25, -0.2) is 0 Å². The SMILES string of the molecule is CCCn1nccc1C(=O)c1ccccc1N. The van der Waals surface area contributed by atoms with Gasteiger partial charge in [-0.2, -0.15) is 5.10 Å². The molecule has 0 bridgehead atoms. The first-order valence-electron chi connectivity index (χ1n) is 5.65. The van der Waals surface area contributed by atoms with Gasteiger partial charge >= 0.3 is 0 Å². The van der Waals surface area contributed by atoms with Crippen LogP contribution in [-0.4, -0.2) is 15.6 Å². The monoisotopic (exact) mass is 229 g/mol. The number of carbonyl (C=O) groups excluding carboxylic acids is 1. The molecule has 0 saturated carbocycles. The lowest BCUT2D eigenvalue weighted by molar-refractivity contribution is 0.102. The standard InChI is InChI=1S/C13H15N3O/c1-2-9-16-12(7-8-15-16)13(17)10-5-3-4-6-11(10)14/h3-8H,2,9,14H2,1H3. The van der Waals surface area contributed by atoms with Crippen molar-refractivity contribution in [2.24, 2.45) is 0 Å². The minimum absolute atomic E-state index is 0.0750. The zero-order valence-corrected chi connectivity index (χ0v) is 9.76. The van der Waals surface area contributed by atoms with Gasteiger partial charge in [0.1, 0.15) is 5.69 Å². The molecule has 0 atom stereocenters. The van der Waals surface area contributed by atoms with E-state index in [0.29, 0.717) is 16.9 Å². The molecular weight excluding hydrogens is 214 g/mol. The first-order valence-corrected chi connectivity index (χ1v) is 5.65. The molecule has 0 spiro atoms. The van der Waals surface area contributed by atoms with Gasteiger partial charge in [0.2, 0.25) is 5.78 Å². The molecule has 0 fully saturated rings. The van der Waals surface area contributed by atoms with Gasteiger partial charge in [0.25, 0.3) is 0 Å². The van der Waals surface area contributed by atoms with Crippen molar-refractivity contribution in [3.63, 3.8) is 0 Å². The zero-order valence-electron chi connectivity index (χ0n) is 9.76. The highest BCUT2D eigenvalue weighted by atomic mass is 16.1. The van der Waals surface area contributed by atoms with Gasteiger partial charge in [0, 0.05) is 24.0 Å². The summed E-state index contributed by atoms with van der Waals surface area (Å²) >= 11 is 0. The van der Waals surface area contributed by atoms with Crippen LogP contribution in [0.25, 0.3) is 0 Å². The Bertz CT molecular complexity index is 531. The molecule has 17 heavy (non-hydrogen) atoms. The number of para-hydroxylation sites is 1. The predicted octanol–water partition coefficient (Wildman–Crippen LogP) is 2.11. The van der Waals surface area contributed by atoms with Crippen LogP contribution in [0.4, 0.5) is 5.69 Å². The molecule has 1 aromatic heterocycles. The molecule has 0 aliphatic rings. The molecule has 0 aliphatic carbocycles. The van der Waals surface area contributed by atoms with Gasteiger partial charge in [-0.1, -0.05) is 19.1 Å². The van der Waals surface area contributed by atoms with E-state index >= 15 is 0 Å². The number of rotatable bonds is 4. The lowest BCUT2D eigenvalue weighted by Gasteiger charge is -2.07. The fourth-order valence-electron chi connectivity index (χ4n) is 1.76. The Labute approximate surface area is 100 Å². The Hall–Kier alpha value is -2.10. The van der Waals surface area contributed by atoms with Crippen LogP contribution in [0.5, 0.6) is 0 Å². The number of anilines is 1. The first-order chi connectivity index (χ1) is 8.24. The second-order valence-electron chi connectivity index (χ2n) is 3.86. The Kier molecular flexibility index (Phi) is 3.23. The molecule has 0 aliphatic heterocycles. The largest absolute Gasteiger partial charge is 0.398 e. The van der Waals surface area contributed by atoms with E-state index in [9.17, 15) is 4.79 Å². The summed E-state index contributed by atoms with van der Waals surface area (Å²) in [4.78, 5) is 12.3. The number of aryl methyl sites for hydroxylation is 1. The van der Waals surface area contributed by atoms with Crippen LogP contribution in [0, 0.1) is 0 Å². The third kappa shape index (κ3) is 2.20. The van der Waals surface area contributed by atoms with Gasteiger partial charge in [-0.3, -0.25) is 9.48 Å². The summed E-state index contributed by atoms with van der Waals surface area (Å²) in [5.41, 5.74) is 7.42. The normalized spacial score (nSPS) is 10.4. The number of hydrogen-bond donors (Lipinski definition) is 1. The minimum atomic E-state index is -0.0750. The van der Waals surface area contributed by atoms with E-state index in [2.05, 4.69) is 5.10 Å². The molecule has 2 aromatic rings. The summed E-state index contributed by atoms with van der Waals surface area (Å²) in [5.74, 6) is -0.0750. The maximum atomic E-state index is 12.3. The molecule has 0 unspecified atom stereocenters. The van der Waals surface area contributed by atoms with E-state index in [1.165, 1.54) is 0 Å². The average molecular weight is 229 g/mol. The summed E-state index contributed by atoms with van der Waals surface area (Å²) in [6.07, 6.45) is 2.58. The molecule has 88 valence electrons. The zero-order chi connectivity index (χ0) is 12.3. The van der Waals surface area contributed by atoms with E-state index in [0.717, 1.165) is 13.0 Å². The highest BCUT2D eigenvalue weighted by Crippen LogP contribution is 2.16. The summed E-state index contributed by atoms with van der Waals surface area (Å²) in [5, 5.41) is 4.14. The lowest BCUT2D eigenvalue weighted by atomic mass is 10.1. The van der Waals surface area contributed by atoms with E-state index < -0.39 is 0 Å². The van der Waals surface area contributed by atoms with Gasteiger partial charge < -0.3 is 5.73 Å². The quantitative estimate of drug-likeness (QED) is 0.645. The molecule has 2 rings (SSSR count). The van der Waals surface area contributed by atoms with Crippen LogP contribution >= 0.6 is 0 Å². The summed E-state index contributed by atoms with van der Waals surface area (Å²) < 4.78 is 1.72. The number of ketones is 1. The van der Waals surface area contributed by atoms with E-state index in [1.807, 2.05) is 19.1 Å². The Morgan fingerprint density at radius 2 is 2.12 bits per heavy atom. The van der Waals surface area contributed by atoms with Crippen molar-refractivity contribution in [3.8, 4) is 0 Å². The van der Waals surface area contributed by atoms with Gasteiger partial charge in [0.05, 0.1) is 0 Å². The average Bonchev–Trinajstić information content (AvgIpc) is 2.78. The van der Waals surface area contributed by atoms with Crippen molar-refractivity contribution in [1.29, 1.82) is 0 Å². The topological polar surface area (TPSA) is 60.9 Å². The molecule has 0 amide bonds. The van der Waals surface area contributed by atoms with Crippen molar-refractivity contribution >= 4 is 11.5 Å². The molecule has 0 saturated heterocycles. The molecule has 1 aromatic carbocycles. The van der Waals surface area contributed by atoms with Crippen molar-refractivity contribution in [1.82, 2.24) is 9.78 Å². The summed E-state index contributed by atoms with van der Waals surface area (Å²) in [7, 11) is 0. The number of aromatic nitrogens is 2. The Morgan fingerprint density at radius 1 is 1.35 bits per heavy atom. The summed E-state index contributed by atoms with van der Waals surface area (Å²) in [6, 6.07) is 8.82. The fraction of sp³-hybridized carbons (Fsp3) is 0.231. The van der Waals surface area contributed by atoms with Crippen LogP contribution < -0.4 is 5.73 Å². The maximum Gasteiger partial charge on any atom is 0.213 e. The number of nitrogens with zero attached hydrogens (tertiary/aromatic N) is 2. The van der Waals surface area contributed by atoms with Gasteiger partial charge in [-0.15, -0.1) is 0 Å². The van der Waals surface area contributed by atoms with Crippen molar-refractivity contribution < 1.29 is 4.79 Å². The Balaban J connectivity index is 2.37. The number of nitrogen functional groups attached to an aromatic ring is 1. The maximum absolute atomic E-state index is 12.3. The Morgan fingerprint density at radius 3 is 2.82 bits per heavy atom. The summed E-state index contributed by atoms with van der Waals surface area (Å²) in [6.45, 7) is 2.79. The highest BCUT2D eigenvalue weighted by Gasteiger charge is 2.15. The molecule has 4 heteroatoms. The molecular formula is C13H15N3O. The number of hydrogen-bond acceptors (Lipinski definition) is 3. The van der Waals surface area contributed by atoms with Gasteiger partial charge in [0.15, 0.2) is 0 Å². The minimum Gasteiger partial charge on any atom is -0.398 e. The van der Waals surface area contributed by atoms with Crippen LogP contribution in [0.15, 0.2) is 36.5 Å². The predicted molar refractivity (Wildman–Crippen MR) is 66.8 cm³/mol. The smallest absolute Gasteiger partial charge is 0.213 e. The number of carbonyl (C=O) groups is 1. The molecule has 4 nitrogen and oxygen atoms in total. The van der Waals surface area contributed by atoms with Crippen molar-refractivity contribution in [2.45, 2.75) is 19.9 Å².